The first-order valence-corrected chi connectivity index (χ1v) is 7.90. The van der Waals surface area contributed by atoms with Crippen molar-refractivity contribution >= 4 is 17.9 Å². The van der Waals surface area contributed by atoms with Gasteiger partial charge >= 0.3 is 0 Å². The second-order valence-corrected chi connectivity index (χ2v) is 5.67. The SMILES string of the molecule is CN(Cc1cccc(C(N)=O)c1)C(=O)CC/C=C/c1ccccc1. The maximum Gasteiger partial charge on any atom is 0.248 e. The molecule has 2 amide bonds. The van der Waals surface area contributed by atoms with Crippen LogP contribution in [0.25, 0.3) is 6.08 Å². The Hall–Kier alpha value is -2.88. The van der Waals surface area contributed by atoms with Crippen molar-refractivity contribution in [2.75, 3.05) is 7.05 Å². The molecule has 0 bridgehead atoms. The number of hydrogen-bond donors (Lipinski definition) is 1. The van der Waals surface area contributed by atoms with E-state index in [1.165, 1.54) is 0 Å². The maximum absolute atomic E-state index is 12.2. The van der Waals surface area contributed by atoms with Gasteiger partial charge in [0.2, 0.25) is 11.8 Å². The molecule has 24 heavy (non-hydrogen) atoms. The average molecular weight is 322 g/mol. The summed E-state index contributed by atoms with van der Waals surface area (Å²) >= 11 is 0. The zero-order valence-electron chi connectivity index (χ0n) is 13.8. The van der Waals surface area contributed by atoms with E-state index in [0.717, 1.165) is 11.1 Å². The fourth-order valence-corrected chi connectivity index (χ4v) is 2.37. The molecule has 2 aromatic carbocycles. The second-order valence-electron chi connectivity index (χ2n) is 5.67. The lowest BCUT2D eigenvalue weighted by Crippen LogP contribution is -2.25. The van der Waals surface area contributed by atoms with Crippen LogP contribution in [-0.2, 0) is 11.3 Å². The highest BCUT2D eigenvalue weighted by Crippen LogP contribution is 2.09. The van der Waals surface area contributed by atoms with Crippen molar-refractivity contribution in [2.24, 2.45) is 5.73 Å². The van der Waals surface area contributed by atoms with Gasteiger partial charge in [-0.1, -0.05) is 54.6 Å². The van der Waals surface area contributed by atoms with Crippen LogP contribution < -0.4 is 5.73 Å². The number of nitrogens with two attached hydrogens (primary N) is 1. The van der Waals surface area contributed by atoms with Crippen molar-refractivity contribution in [3.8, 4) is 0 Å². The topological polar surface area (TPSA) is 63.4 Å². The Morgan fingerprint density at radius 3 is 2.54 bits per heavy atom. The van der Waals surface area contributed by atoms with Gasteiger partial charge in [0.15, 0.2) is 0 Å². The third kappa shape index (κ3) is 5.39. The highest BCUT2D eigenvalue weighted by Gasteiger charge is 2.09. The minimum Gasteiger partial charge on any atom is -0.366 e. The Bertz CT molecular complexity index is 723. The van der Waals surface area contributed by atoms with E-state index in [4.69, 9.17) is 5.73 Å². The predicted octanol–water partition coefficient (Wildman–Crippen LogP) is 3.24. The Labute approximate surface area is 142 Å². The van der Waals surface area contributed by atoms with Crippen LogP contribution in [0.3, 0.4) is 0 Å². The van der Waals surface area contributed by atoms with E-state index in [9.17, 15) is 9.59 Å². The lowest BCUT2D eigenvalue weighted by atomic mass is 10.1. The van der Waals surface area contributed by atoms with Gasteiger partial charge in [0.05, 0.1) is 0 Å². The van der Waals surface area contributed by atoms with Crippen molar-refractivity contribution in [3.63, 3.8) is 0 Å². The Kier molecular flexibility index (Phi) is 6.32. The molecule has 2 aromatic rings. The van der Waals surface area contributed by atoms with Crippen molar-refractivity contribution < 1.29 is 9.59 Å². The van der Waals surface area contributed by atoms with Crippen LogP contribution in [0, 0.1) is 0 Å². The standard InChI is InChI=1S/C20H22N2O2/c1-22(15-17-11-7-12-18(14-17)20(21)24)19(23)13-6-5-10-16-8-3-2-4-9-16/h2-5,7-12,14H,6,13,15H2,1H3,(H2,21,24)/b10-5+. The van der Waals surface area contributed by atoms with Crippen LogP contribution in [0.4, 0.5) is 0 Å². The third-order valence-electron chi connectivity index (χ3n) is 3.69. The van der Waals surface area contributed by atoms with Crippen molar-refractivity contribution in [1.82, 2.24) is 4.90 Å². The summed E-state index contributed by atoms with van der Waals surface area (Å²) in [4.78, 5) is 25.0. The second kappa shape index (κ2) is 8.67. The van der Waals surface area contributed by atoms with Crippen LogP contribution in [0.15, 0.2) is 60.7 Å². The van der Waals surface area contributed by atoms with Gasteiger partial charge in [-0.05, 0) is 29.7 Å². The van der Waals surface area contributed by atoms with E-state index in [-0.39, 0.29) is 5.91 Å². The third-order valence-corrected chi connectivity index (χ3v) is 3.69. The van der Waals surface area contributed by atoms with Gasteiger partial charge in [0.1, 0.15) is 0 Å². The molecule has 0 fully saturated rings. The first kappa shape index (κ1) is 17.5. The number of benzene rings is 2. The fourth-order valence-electron chi connectivity index (χ4n) is 2.37. The molecule has 0 aromatic heterocycles. The van der Waals surface area contributed by atoms with Gasteiger partial charge in [0, 0.05) is 25.6 Å². The van der Waals surface area contributed by atoms with Crippen LogP contribution in [0.5, 0.6) is 0 Å². The molecule has 124 valence electrons. The van der Waals surface area contributed by atoms with Gasteiger partial charge in [-0.3, -0.25) is 9.59 Å². The van der Waals surface area contributed by atoms with Crippen LogP contribution in [-0.4, -0.2) is 23.8 Å². The van der Waals surface area contributed by atoms with Crippen molar-refractivity contribution in [3.05, 3.63) is 77.4 Å². The van der Waals surface area contributed by atoms with Crippen LogP contribution in [0.2, 0.25) is 0 Å². The largest absolute Gasteiger partial charge is 0.366 e. The first-order chi connectivity index (χ1) is 11.6. The van der Waals surface area contributed by atoms with E-state index < -0.39 is 5.91 Å². The molecule has 0 aliphatic heterocycles. The summed E-state index contributed by atoms with van der Waals surface area (Å²) in [6, 6.07) is 17.0. The highest BCUT2D eigenvalue weighted by atomic mass is 16.2. The lowest BCUT2D eigenvalue weighted by molar-refractivity contribution is -0.130. The van der Waals surface area contributed by atoms with Crippen LogP contribution in [0.1, 0.15) is 34.3 Å². The number of amides is 2. The smallest absolute Gasteiger partial charge is 0.248 e. The molecule has 0 heterocycles. The van der Waals surface area contributed by atoms with Gasteiger partial charge in [-0.25, -0.2) is 0 Å². The monoisotopic (exact) mass is 322 g/mol. The summed E-state index contributed by atoms with van der Waals surface area (Å²) in [5, 5.41) is 0. The number of carbonyl (C=O) groups excluding carboxylic acids is 2. The van der Waals surface area contributed by atoms with Crippen molar-refractivity contribution in [1.29, 1.82) is 0 Å². The Balaban J connectivity index is 1.83. The van der Waals surface area contributed by atoms with Gasteiger partial charge in [0.25, 0.3) is 0 Å². The zero-order chi connectivity index (χ0) is 17.4. The lowest BCUT2D eigenvalue weighted by Gasteiger charge is -2.17. The first-order valence-electron chi connectivity index (χ1n) is 7.90. The molecule has 2 N–H and O–H groups in total. The summed E-state index contributed by atoms with van der Waals surface area (Å²) in [6.07, 6.45) is 5.17. The summed E-state index contributed by atoms with van der Waals surface area (Å²) in [5.74, 6) is -0.394. The molecule has 0 saturated carbocycles. The Morgan fingerprint density at radius 1 is 1.08 bits per heavy atom. The molecule has 0 saturated heterocycles. The molecule has 0 atom stereocenters. The van der Waals surface area contributed by atoms with E-state index >= 15 is 0 Å². The normalized spacial score (nSPS) is 10.7. The number of rotatable bonds is 7. The molecule has 0 radical (unpaired) electrons. The van der Waals surface area contributed by atoms with Gasteiger partial charge in [-0.2, -0.15) is 0 Å². The fraction of sp³-hybridized carbons (Fsp3) is 0.200. The average Bonchev–Trinajstić information content (AvgIpc) is 2.59. The minimum atomic E-state index is -0.461. The number of carbonyl (C=O) groups is 2. The quantitative estimate of drug-likeness (QED) is 0.850. The number of nitrogens with zero attached hydrogens (tertiary/aromatic N) is 1. The molecule has 0 spiro atoms. The molecule has 0 unspecified atom stereocenters. The molecule has 4 heteroatoms. The highest BCUT2D eigenvalue weighted by molar-refractivity contribution is 5.92. The summed E-state index contributed by atoms with van der Waals surface area (Å²) in [6.45, 7) is 0.461. The van der Waals surface area contributed by atoms with Gasteiger partial charge in [-0.15, -0.1) is 0 Å². The molecular formula is C20H22N2O2. The van der Waals surface area contributed by atoms with Crippen LogP contribution >= 0.6 is 0 Å². The molecule has 4 nitrogen and oxygen atoms in total. The zero-order valence-corrected chi connectivity index (χ0v) is 13.8. The van der Waals surface area contributed by atoms with E-state index in [1.54, 1.807) is 30.1 Å². The van der Waals surface area contributed by atoms with E-state index in [0.29, 0.717) is 24.9 Å². The molecule has 0 aliphatic carbocycles. The number of hydrogen-bond acceptors (Lipinski definition) is 2. The summed E-state index contributed by atoms with van der Waals surface area (Å²) in [7, 11) is 1.76. The molecule has 2 rings (SSSR count). The molecule has 0 aliphatic rings. The number of allylic oxidation sites excluding steroid dienone is 1. The molecular weight excluding hydrogens is 300 g/mol. The van der Waals surface area contributed by atoms with Crippen molar-refractivity contribution in [2.45, 2.75) is 19.4 Å². The predicted molar refractivity (Wildman–Crippen MR) is 96.1 cm³/mol. The minimum absolute atomic E-state index is 0.0668. The Morgan fingerprint density at radius 2 is 1.83 bits per heavy atom. The number of primary amides is 1. The van der Waals surface area contributed by atoms with Gasteiger partial charge < -0.3 is 10.6 Å². The summed E-state index contributed by atoms with van der Waals surface area (Å²) in [5.41, 5.74) is 7.75. The van der Waals surface area contributed by atoms with E-state index in [1.807, 2.05) is 48.6 Å². The maximum atomic E-state index is 12.2. The van der Waals surface area contributed by atoms with E-state index in [2.05, 4.69) is 0 Å². The summed E-state index contributed by atoms with van der Waals surface area (Å²) < 4.78 is 0.